The Labute approximate surface area is 335 Å². The van der Waals surface area contributed by atoms with Gasteiger partial charge in [-0.05, 0) is 93.5 Å². The van der Waals surface area contributed by atoms with Gasteiger partial charge in [-0.25, -0.2) is 0 Å². The van der Waals surface area contributed by atoms with Crippen molar-refractivity contribution in [2.75, 3.05) is 4.90 Å². The average molecular weight is 746 g/mol. The van der Waals surface area contributed by atoms with Crippen LogP contribution < -0.4 is 4.90 Å². The maximum atomic E-state index is 6.29. The van der Waals surface area contributed by atoms with Crippen LogP contribution in [0.2, 0.25) is 0 Å². The van der Waals surface area contributed by atoms with E-state index in [2.05, 4.69) is 205 Å². The molecule has 2 nitrogen and oxygen atoms in total. The maximum Gasteiger partial charge on any atom is 0.136 e. The van der Waals surface area contributed by atoms with Crippen LogP contribution in [0.15, 0.2) is 217 Å². The van der Waals surface area contributed by atoms with Crippen LogP contribution in [0.1, 0.15) is 0 Å². The van der Waals surface area contributed by atoms with Crippen molar-refractivity contribution in [2.45, 2.75) is 0 Å². The maximum absolute atomic E-state index is 6.29. The molecular weight excluding hydrogens is 711 g/mol. The fraction of sp³-hybridized carbons (Fsp3) is 0. The second kappa shape index (κ2) is 13.8. The van der Waals surface area contributed by atoms with Gasteiger partial charge < -0.3 is 9.32 Å². The van der Waals surface area contributed by atoms with Crippen molar-refractivity contribution in [1.29, 1.82) is 0 Å². The molecule has 0 N–H and O–H groups in total. The highest BCUT2D eigenvalue weighted by Gasteiger charge is 2.23. The number of benzene rings is 9. The lowest BCUT2D eigenvalue weighted by atomic mass is 9.87. The minimum atomic E-state index is 0.898. The lowest BCUT2D eigenvalue weighted by molar-refractivity contribution is 0.669. The molecule has 57 heavy (non-hydrogen) atoms. The number of fused-ring (bicyclic) bond motifs is 6. The van der Waals surface area contributed by atoms with Crippen molar-refractivity contribution in [3.63, 3.8) is 0 Å². The molecule has 2 aromatic heterocycles. The van der Waals surface area contributed by atoms with Gasteiger partial charge >= 0.3 is 0 Å². The van der Waals surface area contributed by atoms with Crippen molar-refractivity contribution in [1.82, 2.24) is 0 Å². The van der Waals surface area contributed by atoms with Crippen molar-refractivity contribution >= 4 is 70.5 Å². The number of furan rings is 1. The Morgan fingerprint density at radius 1 is 0.351 bits per heavy atom. The fourth-order valence-electron chi connectivity index (χ4n) is 8.52. The lowest BCUT2D eigenvalue weighted by Gasteiger charge is -2.30. The van der Waals surface area contributed by atoms with E-state index < -0.39 is 0 Å². The Bertz CT molecular complexity index is 3230. The zero-order chi connectivity index (χ0) is 37.7. The van der Waals surface area contributed by atoms with Crippen molar-refractivity contribution in [2.24, 2.45) is 0 Å². The summed E-state index contributed by atoms with van der Waals surface area (Å²) < 4.78 is 8.87. The molecule has 0 radical (unpaired) electrons. The predicted octanol–water partition coefficient (Wildman–Crippen LogP) is 16.1. The van der Waals surface area contributed by atoms with Gasteiger partial charge in [0.1, 0.15) is 11.2 Å². The first-order chi connectivity index (χ1) is 28.3. The Kier molecular flexibility index (Phi) is 8.04. The van der Waals surface area contributed by atoms with Crippen LogP contribution in [0, 0.1) is 0 Å². The molecule has 11 rings (SSSR count). The van der Waals surface area contributed by atoms with Crippen molar-refractivity contribution < 1.29 is 4.42 Å². The van der Waals surface area contributed by atoms with Gasteiger partial charge in [-0.2, -0.15) is 0 Å². The van der Waals surface area contributed by atoms with Crippen LogP contribution in [-0.4, -0.2) is 0 Å². The van der Waals surface area contributed by atoms with Crippen molar-refractivity contribution in [3.8, 4) is 44.5 Å². The van der Waals surface area contributed by atoms with E-state index in [1.807, 2.05) is 23.5 Å². The predicted molar refractivity (Wildman–Crippen MR) is 243 cm³/mol. The van der Waals surface area contributed by atoms with E-state index in [1.54, 1.807) is 0 Å². The first kappa shape index (κ1) is 33.2. The van der Waals surface area contributed by atoms with Crippen molar-refractivity contribution in [3.05, 3.63) is 212 Å². The van der Waals surface area contributed by atoms with Gasteiger partial charge in [0.05, 0.1) is 5.69 Å². The van der Waals surface area contributed by atoms with Crippen LogP contribution in [0.25, 0.3) is 86.6 Å². The minimum Gasteiger partial charge on any atom is -0.456 e. The molecule has 0 unspecified atom stereocenters. The van der Waals surface area contributed by atoms with Gasteiger partial charge in [0.15, 0.2) is 0 Å². The van der Waals surface area contributed by atoms with E-state index in [-0.39, 0.29) is 0 Å². The van der Waals surface area contributed by atoms with Gasteiger partial charge in [0.25, 0.3) is 0 Å². The fourth-order valence-corrected chi connectivity index (χ4v) is 9.61. The Morgan fingerprint density at radius 2 is 0.912 bits per heavy atom. The average Bonchev–Trinajstić information content (AvgIpc) is 3.86. The number of anilines is 3. The zero-order valence-electron chi connectivity index (χ0n) is 31.0. The summed E-state index contributed by atoms with van der Waals surface area (Å²) in [5.41, 5.74) is 14.5. The second-order valence-electron chi connectivity index (χ2n) is 14.4. The van der Waals surface area contributed by atoms with Gasteiger partial charge in [0, 0.05) is 47.9 Å². The highest BCUT2D eigenvalue weighted by Crippen LogP contribution is 2.49. The molecule has 0 spiro atoms. The first-order valence-corrected chi connectivity index (χ1v) is 20.2. The molecule has 0 aliphatic heterocycles. The summed E-state index contributed by atoms with van der Waals surface area (Å²) in [6, 6.07) is 76.5. The highest BCUT2D eigenvalue weighted by atomic mass is 32.1. The summed E-state index contributed by atoms with van der Waals surface area (Å²) >= 11 is 1.85. The van der Waals surface area contributed by atoms with Crippen LogP contribution in [0.4, 0.5) is 17.1 Å². The molecule has 268 valence electrons. The molecule has 2 heterocycles. The molecule has 11 aromatic rings. The lowest BCUT2D eigenvalue weighted by Crippen LogP contribution is -2.12. The quantitative estimate of drug-likeness (QED) is 0.162. The summed E-state index contributed by atoms with van der Waals surface area (Å²) in [6.07, 6.45) is 0. The standard InChI is InChI=1S/C54H35NOS/c1-3-15-36(16-4-1)41-19-7-8-21-45(41)53-42(37-17-5-2-6-18-37)23-13-25-48(53)55(40-33-34-52-47(35-40)44-20-10-12-28-51(44)57-52)39-31-29-38(30-32-39)43-24-14-27-50-54(43)46-22-9-11-26-49(46)56-50/h1-35H. The van der Waals surface area contributed by atoms with Gasteiger partial charge in [-0.15, -0.1) is 11.3 Å². The van der Waals surface area contributed by atoms with Gasteiger partial charge in [-0.3, -0.25) is 0 Å². The Morgan fingerprint density at radius 3 is 1.72 bits per heavy atom. The second-order valence-corrected chi connectivity index (χ2v) is 15.5. The summed E-state index contributed by atoms with van der Waals surface area (Å²) in [5.74, 6) is 0. The molecule has 0 fully saturated rings. The topological polar surface area (TPSA) is 16.4 Å². The molecule has 0 aliphatic rings. The SMILES string of the molecule is c1ccc(-c2ccccc2-c2c(-c3ccccc3)cccc2N(c2ccc(-c3cccc4oc5ccccc5c34)cc2)c2ccc3sc4ccccc4c3c2)cc1. The van der Waals surface area contributed by atoms with Crippen LogP contribution in [0.5, 0.6) is 0 Å². The number of thiophene rings is 1. The van der Waals surface area contributed by atoms with E-state index in [0.29, 0.717) is 0 Å². The van der Waals surface area contributed by atoms with Crippen LogP contribution in [0.3, 0.4) is 0 Å². The van der Waals surface area contributed by atoms with E-state index in [0.717, 1.165) is 50.1 Å². The smallest absolute Gasteiger partial charge is 0.136 e. The third kappa shape index (κ3) is 5.71. The summed E-state index contributed by atoms with van der Waals surface area (Å²) in [5, 5.41) is 4.81. The zero-order valence-corrected chi connectivity index (χ0v) is 31.8. The number of para-hydroxylation sites is 1. The molecule has 0 bridgehead atoms. The van der Waals surface area contributed by atoms with E-state index >= 15 is 0 Å². The minimum absolute atomic E-state index is 0.898. The van der Waals surface area contributed by atoms with E-state index in [4.69, 9.17) is 4.42 Å². The number of rotatable bonds is 7. The third-order valence-corrected chi connectivity index (χ3v) is 12.3. The summed E-state index contributed by atoms with van der Waals surface area (Å²) in [4.78, 5) is 2.45. The first-order valence-electron chi connectivity index (χ1n) is 19.3. The van der Waals surface area contributed by atoms with E-state index in [1.165, 1.54) is 53.6 Å². The highest BCUT2D eigenvalue weighted by molar-refractivity contribution is 7.25. The molecular formula is C54H35NOS. The molecule has 0 saturated heterocycles. The normalized spacial score (nSPS) is 11.5. The monoisotopic (exact) mass is 745 g/mol. The Hall–Kier alpha value is -7.20. The molecule has 0 saturated carbocycles. The molecule has 0 amide bonds. The molecule has 3 heteroatoms. The van der Waals surface area contributed by atoms with Gasteiger partial charge in [0.2, 0.25) is 0 Å². The molecule has 9 aromatic carbocycles. The number of hydrogen-bond donors (Lipinski definition) is 0. The summed E-state index contributed by atoms with van der Waals surface area (Å²) in [7, 11) is 0. The largest absolute Gasteiger partial charge is 0.456 e. The van der Waals surface area contributed by atoms with Gasteiger partial charge in [-0.1, -0.05) is 158 Å². The Balaban J connectivity index is 1.17. The molecule has 0 aliphatic carbocycles. The number of nitrogens with zero attached hydrogens (tertiary/aromatic N) is 1. The van der Waals surface area contributed by atoms with Crippen LogP contribution in [-0.2, 0) is 0 Å². The molecule has 0 atom stereocenters. The third-order valence-electron chi connectivity index (χ3n) is 11.1. The number of hydrogen-bond acceptors (Lipinski definition) is 3. The van der Waals surface area contributed by atoms with E-state index in [9.17, 15) is 0 Å². The summed E-state index contributed by atoms with van der Waals surface area (Å²) in [6.45, 7) is 0. The van der Waals surface area contributed by atoms with Crippen LogP contribution >= 0.6 is 11.3 Å².